The Morgan fingerprint density at radius 2 is 2.00 bits per heavy atom. The van der Waals surface area contributed by atoms with Crippen LogP contribution in [0, 0.1) is 5.41 Å². The summed E-state index contributed by atoms with van der Waals surface area (Å²) in [5.74, 6) is 0. The van der Waals surface area contributed by atoms with Gasteiger partial charge >= 0.3 is 0 Å². The summed E-state index contributed by atoms with van der Waals surface area (Å²) in [6.07, 6.45) is 1.88. The fraction of sp³-hybridized carbons (Fsp3) is 1.00. The third kappa shape index (κ3) is 3.15. The molecule has 0 aliphatic carbocycles. The van der Waals surface area contributed by atoms with Gasteiger partial charge in [-0.2, -0.15) is 0 Å². The lowest BCUT2D eigenvalue weighted by molar-refractivity contribution is 0.402. The van der Waals surface area contributed by atoms with E-state index in [4.69, 9.17) is 0 Å². The van der Waals surface area contributed by atoms with Crippen molar-refractivity contribution >= 4 is 8.46 Å². The molecule has 2 heteroatoms. The summed E-state index contributed by atoms with van der Waals surface area (Å²) in [4.78, 5) is 0. The molecule has 0 N–H and O–H groups in total. The molecule has 1 nitrogen and oxygen atoms in total. The molecule has 48 valence electrons. The summed E-state index contributed by atoms with van der Waals surface area (Å²) < 4.78 is 10.1. The lowest BCUT2D eigenvalue weighted by atomic mass is 9.93. The van der Waals surface area contributed by atoms with Crippen molar-refractivity contribution in [1.29, 1.82) is 0 Å². The molecule has 0 radical (unpaired) electrons. The van der Waals surface area contributed by atoms with Gasteiger partial charge in [-0.1, -0.05) is 27.2 Å². The average Bonchev–Trinajstić information content (AvgIpc) is 1.67. The van der Waals surface area contributed by atoms with Gasteiger partial charge in [0.05, 0.1) is 0 Å². The van der Waals surface area contributed by atoms with E-state index in [9.17, 15) is 4.57 Å². The standard InChI is InChI=1S/C6H13OP/c1-4-6(2,3)5-8-7/h4-5H2,1-3H3. The molecule has 0 bridgehead atoms. The van der Waals surface area contributed by atoms with Crippen LogP contribution in [0.15, 0.2) is 0 Å². The van der Waals surface area contributed by atoms with E-state index < -0.39 is 0 Å². The first-order valence-electron chi connectivity index (χ1n) is 2.91. The summed E-state index contributed by atoms with van der Waals surface area (Å²) in [5.41, 5.74) is 0.267. The molecule has 0 amide bonds. The summed E-state index contributed by atoms with van der Waals surface area (Å²) in [6, 6.07) is 0. The molecule has 8 heavy (non-hydrogen) atoms. The molecule has 0 aliphatic heterocycles. The van der Waals surface area contributed by atoms with E-state index in [1.807, 2.05) is 0 Å². The van der Waals surface area contributed by atoms with Gasteiger partial charge in [-0.15, -0.1) is 0 Å². The highest BCUT2D eigenvalue weighted by Gasteiger charge is 2.13. The summed E-state index contributed by atoms with van der Waals surface area (Å²) in [5, 5.41) is 0. The minimum Gasteiger partial charge on any atom is -0.275 e. The minimum atomic E-state index is 0.267. The molecular weight excluding hydrogens is 119 g/mol. The number of rotatable bonds is 3. The zero-order chi connectivity index (χ0) is 6.62. The van der Waals surface area contributed by atoms with Gasteiger partial charge in [0.25, 0.3) is 0 Å². The van der Waals surface area contributed by atoms with Crippen LogP contribution in [0.1, 0.15) is 27.2 Å². The van der Waals surface area contributed by atoms with Crippen molar-refractivity contribution in [3.05, 3.63) is 0 Å². The molecule has 0 aromatic heterocycles. The number of hydrogen-bond acceptors (Lipinski definition) is 1. The fourth-order valence-electron chi connectivity index (χ4n) is 0.287. The van der Waals surface area contributed by atoms with Crippen LogP contribution >= 0.6 is 8.46 Å². The first kappa shape index (κ1) is 8.10. The lowest BCUT2D eigenvalue weighted by Crippen LogP contribution is -2.10. The highest BCUT2D eigenvalue weighted by Crippen LogP contribution is 2.23. The van der Waals surface area contributed by atoms with Crippen LogP contribution in [0.2, 0.25) is 0 Å². The summed E-state index contributed by atoms with van der Waals surface area (Å²) >= 11 is 0. The molecular formula is C6H13OP. The Bertz CT molecular complexity index is 78.6. The van der Waals surface area contributed by atoms with Gasteiger partial charge < -0.3 is 0 Å². The largest absolute Gasteiger partial charge is 0.275 e. The predicted molar refractivity (Wildman–Crippen MR) is 36.5 cm³/mol. The third-order valence-corrected chi connectivity index (χ3v) is 2.43. The maximum atomic E-state index is 10.1. The Labute approximate surface area is 52.7 Å². The first-order valence-corrected chi connectivity index (χ1v) is 3.91. The summed E-state index contributed by atoms with van der Waals surface area (Å²) in [7, 11) is 0.275. The van der Waals surface area contributed by atoms with Crippen LogP contribution in [-0.4, -0.2) is 6.16 Å². The van der Waals surface area contributed by atoms with Crippen LogP contribution in [-0.2, 0) is 4.57 Å². The molecule has 0 saturated heterocycles. The van der Waals surface area contributed by atoms with Gasteiger partial charge in [0, 0.05) is 6.16 Å². The molecule has 0 aromatic rings. The molecule has 0 spiro atoms. The van der Waals surface area contributed by atoms with E-state index in [0.717, 1.165) is 12.6 Å². The Hall–Kier alpha value is 0.100. The zero-order valence-corrected chi connectivity index (χ0v) is 6.66. The maximum Gasteiger partial charge on any atom is 0.155 e. The number of hydrogen-bond donors (Lipinski definition) is 0. The second-order valence-electron chi connectivity index (χ2n) is 2.80. The van der Waals surface area contributed by atoms with Gasteiger partial charge in [0.1, 0.15) is 0 Å². The van der Waals surface area contributed by atoms with Gasteiger partial charge in [-0.05, 0) is 5.41 Å². The predicted octanol–water partition coefficient (Wildman–Crippen LogP) is 2.71. The molecule has 0 fully saturated rings. The van der Waals surface area contributed by atoms with Gasteiger partial charge in [-0.3, -0.25) is 4.57 Å². The van der Waals surface area contributed by atoms with Gasteiger partial charge in [0.15, 0.2) is 8.46 Å². The SMILES string of the molecule is CCC(C)(C)CP=O. The lowest BCUT2D eigenvalue weighted by Gasteiger charge is -2.17. The monoisotopic (exact) mass is 132 g/mol. The molecule has 0 aromatic carbocycles. The Balaban J connectivity index is 3.53. The van der Waals surface area contributed by atoms with Crippen molar-refractivity contribution in [3.8, 4) is 0 Å². The molecule has 0 saturated carbocycles. The van der Waals surface area contributed by atoms with Crippen LogP contribution in [0.5, 0.6) is 0 Å². The first-order chi connectivity index (χ1) is 3.62. The highest BCUT2D eigenvalue weighted by atomic mass is 31.1. The molecule has 0 aliphatic rings. The van der Waals surface area contributed by atoms with Gasteiger partial charge in [0.2, 0.25) is 0 Å². The average molecular weight is 132 g/mol. The Kier molecular flexibility index (Phi) is 3.23. The van der Waals surface area contributed by atoms with Crippen LogP contribution < -0.4 is 0 Å². The molecule has 0 atom stereocenters. The van der Waals surface area contributed by atoms with Crippen LogP contribution in [0.4, 0.5) is 0 Å². The highest BCUT2D eigenvalue weighted by molar-refractivity contribution is 7.23. The van der Waals surface area contributed by atoms with E-state index in [0.29, 0.717) is 0 Å². The van der Waals surface area contributed by atoms with Crippen molar-refractivity contribution in [1.82, 2.24) is 0 Å². The normalized spacial score (nSPS) is 12.4. The third-order valence-electron chi connectivity index (χ3n) is 1.45. The maximum absolute atomic E-state index is 10.1. The zero-order valence-electron chi connectivity index (χ0n) is 5.77. The van der Waals surface area contributed by atoms with E-state index in [1.165, 1.54) is 0 Å². The van der Waals surface area contributed by atoms with E-state index in [2.05, 4.69) is 20.8 Å². The molecule has 0 unspecified atom stereocenters. The van der Waals surface area contributed by atoms with E-state index >= 15 is 0 Å². The Morgan fingerprint density at radius 1 is 1.50 bits per heavy atom. The molecule has 0 rings (SSSR count). The van der Waals surface area contributed by atoms with Gasteiger partial charge in [-0.25, -0.2) is 0 Å². The minimum absolute atomic E-state index is 0.267. The Morgan fingerprint density at radius 3 is 2.12 bits per heavy atom. The van der Waals surface area contributed by atoms with Crippen LogP contribution in [0.25, 0.3) is 0 Å². The fourth-order valence-corrected chi connectivity index (χ4v) is 0.860. The topological polar surface area (TPSA) is 17.1 Å². The van der Waals surface area contributed by atoms with E-state index in [-0.39, 0.29) is 13.9 Å². The van der Waals surface area contributed by atoms with Crippen molar-refractivity contribution in [3.63, 3.8) is 0 Å². The van der Waals surface area contributed by atoms with Crippen molar-refractivity contribution in [2.45, 2.75) is 27.2 Å². The summed E-state index contributed by atoms with van der Waals surface area (Å²) in [6.45, 7) is 6.36. The van der Waals surface area contributed by atoms with Crippen molar-refractivity contribution in [2.75, 3.05) is 6.16 Å². The second kappa shape index (κ2) is 3.19. The second-order valence-corrected chi connectivity index (χ2v) is 3.38. The van der Waals surface area contributed by atoms with E-state index in [1.54, 1.807) is 0 Å². The van der Waals surface area contributed by atoms with Crippen LogP contribution in [0.3, 0.4) is 0 Å². The van der Waals surface area contributed by atoms with Crippen molar-refractivity contribution < 1.29 is 4.57 Å². The molecule has 0 heterocycles. The van der Waals surface area contributed by atoms with Crippen molar-refractivity contribution in [2.24, 2.45) is 5.41 Å². The smallest absolute Gasteiger partial charge is 0.155 e. The quantitative estimate of drug-likeness (QED) is 0.539.